The van der Waals surface area contributed by atoms with Crippen molar-refractivity contribution in [3.8, 4) is 0 Å². The zero-order valence-corrected chi connectivity index (χ0v) is 35.6. The van der Waals surface area contributed by atoms with Crippen LogP contribution in [0.5, 0.6) is 0 Å². The van der Waals surface area contributed by atoms with Crippen molar-refractivity contribution in [2.75, 3.05) is 26.4 Å². The molecule has 0 aromatic carbocycles. The summed E-state index contributed by atoms with van der Waals surface area (Å²) < 4.78 is 32.6. The van der Waals surface area contributed by atoms with E-state index in [0.29, 0.717) is 19.3 Å². The Kier molecular flexibility index (Phi) is 39.0. The minimum Gasteiger partial charge on any atom is -0.462 e. The Morgan fingerprint density at radius 3 is 1.32 bits per heavy atom. The zero-order valence-electron chi connectivity index (χ0n) is 34.8. The monoisotopic (exact) mass is 809 g/mol. The molecule has 0 saturated heterocycles. The summed E-state index contributed by atoms with van der Waals surface area (Å²) >= 11 is 0. The Morgan fingerprint density at radius 2 is 0.912 bits per heavy atom. The van der Waals surface area contributed by atoms with Gasteiger partial charge in [0.25, 0.3) is 0 Å². The number of hydrogen-bond acceptors (Lipinski definition) is 8. The number of phosphoric acid groups is 1. The van der Waals surface area contributed by atoms with Gasteiger partial charge in [-0.1, -0.05) is 148 Å². The van der Waals surface area contributed by atoms with Gasteiger partial charge >= 0.3 is 19.8 Å². The molecule has 0 bridgehead atoms. The van der Waals surface area contributed by atoms with Crippen LogP contribution in [0.25, 0.3) is 0 Å². The van der Waals surface area contributed by atoms with Gasteiger partial charge in [-0.3, -0.25) is 18.6 Å². The molecule has 0 aromatic heterocycles. The van der Waals surface area contributed by atoms with E-state index < -0.39 is 32.5 Å². The highest BCUT2D eigenvalue weighted by Gasteiger charge is 2.25. The van der Waals surface area contributed by atoms with E-state index in [4.69, 9.17) is 24.3 Å². The van der Waals surface area contributed by atoms with Gasteiger partial charge in [0.05, 0.1) is 13.2 Å². The summed E-state index contributed by atoms with van der Waals surface area (Å²) in [6, 6.07) is 0. The maximum atomic E-state index is 12.5. The number of rotatable bonds is 36. The molecule has 2 atom stereocenters. The molecular formula is C47H72NO8P. The molecule has 0 aliphatic rings. The van der Waals surface area contributed by atoms with E-state index in [-0.39, 0.29) is 32.6 Å². The van der Waals surface area contributed by atoms with Crippen molar-refractivity contribution >= 4 is 19.8 Å². The first kappa shape index (κ1) is 53.1. The number of allylic oxidation sites excluding steroid dienone is 22. The zero-order chi connectivity index (χ0) is 41.8. The van der Waals surface area contributed by atoms with Gasteiger partial charge in [-0.15, -0.1) is 0 Å². The number of esters is 2. The molecule has 0 fully saturated rings. The molecule has 0 heterocycles. The Labute approximate surface area is 344 Å². The number of unbranched alkanes of at least 4 members (excludes halogenated alkanes) is 1. The van der Waals surface area contributed by atoms with E-state index >= 15 is 0 Å². The van der Waals surface area contributed by atoms with Gasteiger partial charge in [-0.2, -0.15) is 0 Å². The van der Waals surface area contributed by atoms with Crippen molar-refractivity contribution in [2.24, 2.45) is 5.73 Å². The van der Waals surface area contributed by atoms with Crippen LogP contribution < -0.4 is 5.73 Å². The first-order chi connectivity index (χ1) is 27.8. The molecule has 9 nitrogen and oxygen atoms in total. The molecule has 57 heavy (non-hydrogen) atoms. The molecule has 1 unspecified atom stereocenters. The van der Waals surface area contributed by atoms with Crippen molar-refractivity contribution < 1.29 is 37.6 Å². The summed E-state index contributed by atoms with van der Waals surface area (Å²) in [6.07, 6.45) is 57.9. The molecule has 3 N–H and O–H groups in total. The molecule has 0 aromatic rings. The third-order valence-corrected chi connectivity index (χ3v) is 8.53. The van der Waals surface area contributed by atoms with Crippen LogP contribution in [0.15, 0.2) is 134 Å². The van der Waals surface area contributed by atoms with Gasteiger partial charge in [-0.25, -0.2) is 4.57 Å². The maximum absolute atomic E-state index is 12.5. The SMILES string of the molecule is CC/C=C/C/C=C/C/C=C/C/C=C/C/C=C/C/C=C/CCC(=O)O[C@H](COC(=O)CCC/C=C/C/C=C/C/C=C/C/C=C/C/C=C/CC)COP(=O)(O)OCCN. The molecule has 0 aliphatic carbocycles. The summed E-state index contributed by atoms with van der Waals surface area (Å²) in [4.78, 5) is 34.8. The van der Waals surface area contributed by atoms with Gasteiger partial charge < -0.3 is 20.1 Å². The summed E-state index contributed by atoms with van der Waals surface area (Å²) in [5.74, 6) is -1.01. The van der Waals surface area contributed by atoms with Gasteiger partial charge in [0.2, 0.25) is 0 Å². The van der Waals surface area contributed by atoms with Gasteiger partial charge in [0.1, 0.15) is 6.61 Å². The van der Waals surface area contributed by atoms with E-state index in [1.165, 1.54) is 0 Å². The lowest BCUT2D eigenvalue weighted by molar-refractivity contribution is -0.161. The van der Waals surface area contributed by atoms with Crippen LogP contribution in [0.3, 0.4) is 0 Å². The minimum absolute atomic E-state index is 0.0259. The fourth-order valence-electron chi connectivity index (χ4n) is 4.58. The van der Waals surface area contributed by atoms with Crippen molar-refractivity contribution in [3.63, 3.8) is 0 Å². The van der Waals surface area contributed by atoms with E-state index in [2.05, 4.69) is 129 Å². The lowest BCUT2D eigenvalue weighted by atomic mass is 10.2. The van der Waals surface area contributed by atoms with Gasteiger partial charge in [0.15, 0.2) is 6.10 Å². The molecule has 10 heteroatoms. The van der Waals surface area contributed by atoms with Crippen LogP contribution in [0, 0.1) is 0 Å². The average Bonchev–Trinajstić information content (AvgIpc) is 3.20. The van der Waals surface area contributed by atoms with Crippen molar-refractivity contribution in [1.82, 2.24) is 0 Å². The molecule has 0 amide bonds. The van der Waals surface area contributed by atoms with Crippen molar-refractivity contribution in [2.45, 2.75) is 123 Å². The first-order valence-corrected chi connectivity index (χ1v) is 22.2. The largest absolute Gasteiger partial charge is 0.472 e. The highest BCUT2D eigenvalue weighted by atomic mass is 31.2. The second-order valence-electron chi connectivity index (χ2n) is 12.7. The quantitative estimate of drug-likeness (QED) is 0.0274. The van der Waals surface area contributed by atoms with Gasteiger partial charge in [-0.05, 0) is 89.9 Å². The summed E-state index contributed by atoms with van der Waals surface area (Å²) in [5, 5.41) is 0. The van der Waals surface area contributed by atoms with E-state index in [9.17, 15) is 19.0 Å². The van der Waals surface area contributed by atoms with Crippen LogP contribution in [-0.2, 0) is 32.7 Å². The number of hydrogen-bond donors (Lipinski definition) is 2. The number of carbonyl (C=O) groups excluding carboxylic acids is 2. The van der Waals surface area contributed by atoms with Crippen molar-refractivity contribution in [3.05, 3.63) is 134 Å². The Hall–Kier alpha value is -3.85. The molecule has 0 radical (unpaired) electrons. The van der Waals surface area contributed by atoms with Crippen molar-refractivity contribution in [1.29, 1.82) is 0 Å². The molecule has 0 rings (SSSR count). The van der Waals surface area contributed by atoms with E-state index in [0.717, 1.165) is 70.6 Å². The normalized spacial score (nSPS) is 14.7. The predicted octanol–water partition coefficient (Wildman–Crippen LogP) is 11.9. The second kappa shape index (κ2) is 41.8. The van der Waals surface area contributed by atoms with Crippen LogP contribution in [0.1, 0.15) is 117 Å². The third-order valence-electron chi connectivity index (χ3n) is 7.55. The highest BCUT2D eigenvalue weighted by Crippen LogP contribution is 2.43. The summed E-state index contributed by atoms with van der Waals surface area (Å²) in [7, 11) is -4.42. The molecule has 0 aliphatic heterocycles. The van der Waals surface area contributed by atoms with Crippen LogP contribution in [-0.4, -0.2) is 49.3 Å². The minimum atomic E-state index is -4.42. The van der Waals surface area contributed by atoms with Crippen LogP contribution in [0.4, 0.5) is 0 Å². The molecular weight excluding hydrogens is 737 g/mol. The highest BCUT2D eigenvalue weighted by molar-refractivity contribution is 7.47. The molecule has 318 valence electrons. The summed E-state index contributed by atoms with van der Waals surface area (Å²) in [5.41, 5.74) is 5.33. The second-order valence-corrected chi connectivity index (χ2v) is 14.2. The first-order valence-electron chi connectivity index (χ1n) is 20.7. The predicted molar refractivity (Wildman–Crippen MR) is 237 cm³/mol. The van der Waals surface area contributed by atoms with Gasteiger partial charge in [0, 0.05) is 19.4 Å². The lowest BCUT2D eigenvalue weighted by Crippen LogP contribution is -2.29. The van der Waals surface area contributed by atoms with E-state index in [1.807, 2.05) is 18.2 Å². The Balaban J connectivity index is 4.44. The number of ether oxygens (including phenoxy) is 2. The molecule has 0 spiro atoms. The Morgan fingerprint density at radius 1 is 0.526 bits per heavy atom. The number of phosphoric ester groups is 1. The fraction of sp³-hybridized carbons (Fsp3) is 0.489. The third kappa shape index (κ3) is 41.6. The lowest BCUT2D eigenvalue weighted by Gasteiger charge is -2.19. The van der Waals surface area contributed by atoms with E-state index in [1.54, 1.807) is 0 Å². The average molecular weight is 810 g/mol. The number of nitrogens with two attached hydrogens (primary N) is 1. The standard InChI is InChI=1S/C47H72NO8P/c1-3-5-7-9-11-13-15-17-19-21-22-24-26-28-30-32-34-36-38-40-47(50)56-45(44-55-57(51,52)54-42-41-48)43-53-46(49)39-37-35-33-31-29-27-25-23-20-18-16-14-12-10-8-6-4-2/h5-8,11-14,17-20,22,24-25,27-28,30-31,33-34,36,45H,3-4,9-10,15-16,21,23,26,29,32,35,37-44,48H2,1-2H3,(H,51,52)/b7-5+,8-6+,13-11+,14-12+,19-17+,20-18+,24-22+,27-25+,30-28+,33-31+,36-34+/t45-/m1/s1. The number of carbonyl (C=O) groups is 2. The molecule has 0 saturated carbocycles. The topological polar surface area (TPSA) is 134 Å². The Bertz CT molecular complexity index is 1380. The summed E-state index contributed by atoms with van der Waals surface area (Å²) in [6.45, 7) is 3.30. The smallest absolute Gasteiger partial charge is 0.462 e. The van der Waals surface area contributed by atoms with Crippen LogP contribution >= 0.6 is 7.82 Å². The van der Waals surface area contributed by atoms with Crippen LogP contribution in [0.2, 0.25) is 0 Å². The fourth-order valence-corrected chi connectivity index (χ4v) is 5.34. The maximum Gasteiger partial charge on any atom is 0.472 e.